The molecule has 0 fully saturated rings. The molecule has 0 aromatic rings. The summed E-state index contributed by atoms with van der Waals surface area (Å²) in [4.78, 5) is 21.9. The second kappa shape index (κ2) is 5.37. The quantitative estimate of drug-likeness (QED) is 0.504. The Balaban J connectivity index is 2.27. The lowest BCUT2D eigenvalue weighted by Crippen LogP contribution is -2.20. The molecule has 0 saturated heterocycles. The maximum Gasteiger partial charge on any atom is 0.374 e. The predicted molar refractivity (Wildman–Crippen MR) is 52.6 cm³/mol. The molecule has 0 aromatic carbocycles. The molecule has 0 amide bonds. The van der Waals surface area contributed by atoms with E-state index in [2.05, 4.69) is 0 Å². The van der Waals surface area contributed by atoms with Crippen LogP contribution in [0.5, 0.6) is 0 Å². The lowest BCUT2D eigenvalue weighted by molar-refractivity contribution is -0.154. The summed E-state index contributed by atoms with van der Waals surface area (Å²) in [6.45, 7) is 1.94. The third-order valence-corrected chi connectivity index (χ3v) is 2.05. The molecule has 0 heterocycles. The highest BCUT2D eigenvalue weighted by atomic mass is 16.5. The number of esters is 1. The van der Waals surface area contributed by atoms with Crippen molar-refractivity contribution in [2.24, 2.45) is 5.92 Å². The zero-order valence-corrected chi connectivity index (χ0v) is 8.23. The molecule has 0 bridgehead atoms. The van der Waals surface area contributed by atoms with Crippen molar-refractivity contribution < 1.29 is 14.3 Å². The molecular formula is C11H14O3. The standard InChI is InChI=1S/C11H14O3/c1-2-10(12)11(13)14-8-9-6-4-3-5-7-9/h3-6,9H,2,7-8H2,1H3. The number of ether oxygens (including phenoxy) is 1. The van der Waals surface area contributed by atoms with Gasteiger partial charge in [0.2, 0.25) is 5.78 Å². The second-order valence-corrected chi connectivity index (χ2v) is 3.18. The molecule has 0 aliphatic heterocycles. The minimum absolute atomic E-state index is 0.208. The van der Waals surface area contributed by atoms with Crippen LogP contribution < -0.4 is 0 Å². The van der Waals surface area contributed by atoms with Crippen molar-refractivity contribution in [1.82, 2.24) is 0 Å². The summed E-state index contributed by atoms with van der Waals surface area (Å²) in [7, 11) is 0. The molecular weight excluding hydrogens is 180 g/mol. The van der Waals surface area contributed by atoms with Gasteiger partial charge in [-0.3, -0.25) is 4.79 Å². The molecule has 14 heavy (non-hydrogen) atoms. The van der Waals surface area contributed by atoms with Crippen LogP contribution in [0.15, 0.2) is 24.3 Å². The molecule has 1 aliphatic carbocycles. The van der Waals surface area contributed by atoms with Gasteiger partial charge in [-0.25, -0.2) is 4.79 Å². The molecule has 3 heteroatoms. The number of rotatable bonds is 4. The van der Waals surface area contributed by atoms with E-state index in [1.807, 2.05) is 24.3 Å². The molecule has 0 spiro atoms. The van der Waals surface area contributed by atoms with Gasteiger partial charge in [0.15, 0.2) is 0 Å². The van der Waals surface area contributed by atoms with Crippen molar-refractivity contribution in [3.05, 3.63) is 24.3 Å². The zero-order valence-electron chi connectivity index (χ0n) is 8.23. The van der Waals surface area contributed by atoms with Crippen molar-refractivity contribution in [2.75, 3.05) is 6.61 Å². The lowest BCUT2D eigenvalue weighted by atomic mass is 10.0. The van der Waals surface area contributed by atoms with Gasteiger partial charge < -0.3 is 4.74 Å². The summed E-state index contributed by atoms with van der Waals surface area (Å²) < 4.78 is 4.86. The second-order valence-electron chi connectivity index (χ2n) is 3.18. The highest BCUT2D eigenvalue weighted by Crippen LogP contribution is 2.11. The van der Waals surface area contributed by atoms with Gasteiger partial charge >= 0.3 is 5.97 Å². The van der Waals surface area contributed by atoms with E-state index in [1.54, 1.807) is 6.92 Å². The summed E-state index contributed by atoms with van der Waals surface area (Å²) in [6, 6.07) is 0. The number of ketones is 1. The maximum atomic E-state index is 11.0. The first-order valence-corrected chi connectivity index (χ1v) is 4.77. The Morgan fingerprint density at radius 2 is 2.21 bits per heavy atom. The number of carbonyl (C=O) groups excluding carboxylic acids is 2. The Morgan fingerprint density at radius 1 is 1.43 bits per heavy atom. The summed E-state index contributed by atoms with van der Waals surface area (Å²) >= 11 is 0. The van der Waals surface area contributed by atoms with Crippen molar-refractivity contribution in [1.29, 1.82) is 0 Å². The van der Waals surface area contributed by atoms with E-state index < -0.39 is 11.8 Å². The number of hydrogen-bond acceptors (Lipinski definition) is 3. The smallest absolute Gasteiger partial charge is 0.374 e. The van der Waals surface area contributed by atoms with E-state index in [-0.39, 0.29) is 12.3 Å². The first-order chi connectivity index (χ1) is 6.74. The normalized spacial score (nSPS) is 19.4. The molecule has 0 radical (unpaired) electrons. The fourth-order valence-corrected chi connectivity index (χ4v) is 1.16. The van der Waals surface area contributed by atoms with Crippen LogP contribution in [0.25, 0.3) is 0 Å². The van der Waals surface area contributed by atoms with Crippen LogP contribution in [-0.4, -0.2) is 18.4 Å². The number of allylic oxidation sites excluding steroid dienone is 3. The van der Waals surface area contributed by atoms with Crippen LogP contribution in [-0.2, 0) is 14.3 Å². The van der Waals surface area contributed by atoms with Crippen molar-refractivity contribution in [3.8, 4) is 0 Å². The van der Waals surface area contributed by atoms with Crippen molar-refractivity contribution in [3.63, 3.8) is 0 Å². The summed E-state index contributed by atoms with van der Waals surface area (Å²) in [5.74, 6) is -0.954. The molecule has 0 N–H and O–H groups in total. The average Bonchev–Trinajstić information content (AvgIpc) is 2.26. The van der Waals surface area contributed by atoms with Gasteiger partial charge in [0.1, 0.15) is 0 Å². The van der Waals surface area contributed by atoms with Gasteiger partial charge in [-0.1, -0.05) is 31.2 Å². The van der Waals surface area contributed by atoms with Crippen LogP contribution >= 0.6 is 0 Å². The van der Waals surface area contributed by atoms with Crippen LogP contribution in [0.2, 0.25) is 0 Å². The first kappa shape index (κ1) is 10.7. The van der Waals surface area contributed by atoms with E-state index in [0.717, 1.165) is 6.42 Å². The highest BCUT2D eigenvalue weighted by molar-refractivity contribution is 6.33. The SMILES string of the molecule is CCC(=O)C(=O)OCC1C=CC=CC1. The maximum absolute atomic E-state index is 11.0. The monoisotopic (exact) mass is 194 g/mol. The van der Waals surface area contributed by atoms with E-state index >= 15 is 0 Å². The topological polar surface area (TPSA) is 43.4 Å². The largest absolute Gasteiger partial charge is 0.459 e. The summed E-state index contributed by atoms with van der Waals surface area (Å²) in [5.41, 5.74) is 0. The molecule has 1 atom stereocenters. The van der Waals surface area contributed by atoms with Gasteiger partial charge in [0.05, 0.1) is 6.61 Å². The Labute approximate surface area is 83.4 Å². The highest BCUT2D eigenvalue weighted by Gasteiger charge is 2.14. The molecule has 0 saturated carbocycles. The Kier molecular flexibility index (Phi) is 4.11. The molecule has 1 unspecified atom stereocenters. The summed E-state index contributed by atoms with van der Waals surface area (Å²) in [6.07, 6.45) is 8.94. The predicted octanol–water partition coefficient (Wildman–Crippen LogP) is 1.64. The van der Waals surface area contributed by atoms with E-state index in [9.17, 15) is 9.59 Å². The molecule has 0 aromatic heterocycles. The van der Waals surface area contributed by atoms with Gasteiger partial charge in [0.25, 0.3) is 0 Å². The zero-order chi connectivity index (χ0) is 10.4. The number of hydrogen-bond donors (Lipinski definition) is 0. The van der Waals surface area contributed by atoms with Gasteiger partial charge in [0, 0.05) is 12.3 Å². The third kappa shape index (κ3) is 3.17. The minimum atomic E-state index is -0.713. The van der Waals surface area contributed by atoms with E-state index in [4.69, 9.17) is 4.74 Å². The van der Waals surface area contributed by atoms with Crippen LogP contribution in [0.1, 0.15) is 19.8 Å². The number of carbonyl (C=O) groups is 2. The Morgan fingerprint density at radius 3 is 2.79 bits per heavy atom. The van der Waals surface area contributed by atoms with Gasteiger partial charge in [-0.2, -0.15) is 0 Å². The Bertz CT molecular complexity index is 276. The van der Waals surface area contributed by atoms with Crippen LogP contribution in [0.3, 0.4) is 0 Å². The van der Waals surface area contributed by atoms with E-state index in [0.29, 0.717) is 6.61 Å². The first-order valence-electron chi connectivity index (χ1n) is 4.77. The van der Waals surface area contributed by atoms with Crippen molar-refractivity contribution in [2.45, 2.75) is 19.8 Å². The summed E-state index contributed by atoms with van der Waals surface area (Å²) in [5, 5.41) is 0. The van der Waals surface area contributed by atoms with Gasteiger partial charge in [-0.15, -0.1) is 0 Å². The fourth-order valence-electron chi connectivity index (χ4n) is 1.16. The molecule has 3 nitrogen and oxygen atoms in total. The number of Topliss-reactive ketones (excluding diaryl/α,β-unsaturated/α-hetero) is 1. The molecule has 1 aliphatic rings. The minimum Gasteiger partial charge on any atom is -0.459 e. The van der Waals surface area contributed by atoms with E-state index in [1.165, 1.54) is 0 Å². The van der Waals surface area contributed by atoms with Crippen LogP contribution in [0, 0.1) is 5.92 Å². The molecule has 1 rings (SSSR count). The van der Waals surface area contributed by atoms with Crippen LogP contribution in [0.4, 0.5) is 0 Å². The van der Waals surface area contributed by atoms with Crippen molar-refractivity contribution >= 4 is 11.8 Å². The Hall–Kier alpha value is -1.38. The lowest BCUT2D eigenvalue weighted by Gasteiger charge is -2.12. The fraction of sp³-hybridized carbons (Fsp3) is 0.455. The third-order valence-electron chi connectivity index (χ3n) is 2.05. The van der Waals surface area contributed by atoms with Gasteiger partial charge in [-0.05, 0) is 6.42 Å². The molecule has 76 valence electrons. The average molecular weight is 194 g/mol.